The molecule has 150 valence electrons. The molecule has 1 N–H and O–H groups in total. The Kier molecular flexibility index (Phi) is 6.41. The second kappa shape index (κ2) is 8.99. The highest BCUT2D eigenvalue weighted by molar-refractivity contribution is 7.98. The van der Waals surface area contributed by atoms with Crippen LogP contribution >= 0.6 is 23.1 Å². The highest BCUT2D eigenvalue weighted by Crippen LogP contribution is 2.31. The topological polar surface area (TPSA) is 35.6 Å². The molecule has 2 aromatic rings. The van der Waals surface area contributed by atoms with Gasteiger partial charge in [-0.2, -0.15) is 0 Å². The molecular weight excluding hydrogens is 386 g/mol. The van der Waals surface area contributed by atoms with Gasteiger partial charge in [0.15, 0.2) is 0 Å². The van der Waals surface area contributed by atoms with E-state index in [-0.39, 0.29) is 11.9 Å². The van der Waals surface area contributed by atoms with Gasteiger partial charge < -0.3 is 5.32 Å². The predicted molar refractivity (Wildman–Crippen MR) is 118 cm³/mol. The standard InChI is InChI=1S/C22H29N3OS2/c1-24(18-5-6-18)15-22(26)23-13-20(16-3-7-19(27-2)8-4-16)25-11-9-21-17(14-25)10-12-28-21/h3-4,7-8,10,12,18,20H,5-6,9,11,13-15H2,1-2H3,(H,23,26). The highest BCUT2D eigenvalue weighted by Gasteiger charge is 2.29. The maximum absolute atomic E-state index is 12.5. The summed E-state index contributed by atoms with van der Waals surface area (Å²) in [5, 5.41) is 5.41. The molecule has 1 atom stereocenters. The Hall–Kier alpha value is -1.34. The van der Waals surface area contributed by atoms with Crippen molar-refractivity contribution in [1.29, 1.82) is 0 Å². The lowest BCUT2D eigenvalue weighted by Gasteiger charge is -2.35. The third-order valence-corrected chi connectivity index (χ3v) is 7.60. The zero-order chi connectivity index (χ0) is 19.5. The van der Waals surface area contributed by atoms with Crippen molar-refractivity contribution in [2.45, 2.75) is 42.8 Å². The summed E-state index contributed by atoms with van der Waals surface area (Å²) in [5.74, 6) is 0.133. The number of thiophene rings is 1. The summed E-state index contributed by atoms with van der Waals surface area (Å²) in [5.41, 5.74) is 2.73. The fraction of sp³-hybridized carbons (Fsp3) is 0.500. The maximum Gasteiger partial charge on any atom is 0.234 e. The number of nitrogens with one attached hydrogen (secondary N) is 1. The van der Waals surface area contributed by atoms with E-state index in [9.17, 15) is 4.79 Å². The van der Waals surface area contributed by atoms with Crippen LogP contribution in [-0.4, -0.2) is 54.7 Å². The van der Waals surface area contributed by atoms with Gasteiger partial charge >= 0.3 is 0 Å². The Morgan fingerprint density at radius 2 is 2.11 bits per heavy atom. The Morgan fingerprint density at radius 3 is 2.82 bits per heavy atom. The molecule has 1 aliphatic heterocycles. The number of likely N-dealkylation sites (N-methyl/N-ethyl adjacent to an activating group) is 1. The molecule has 4 nitrogen and oxygen atoms in total. The number of thioether (sulfide) groups is 1. The number of carbonyl (C=O) groups excluding carboxylic acids is 1. The normalized spacial score (nSPS) is 18.1. The summed E-state index contributed by atoms with van der Waals surface area (Å²) in [6, 6.07) is 11.9. The summed E-state index contributed by atoms with van der Waals surface area (Å²) in [7, 11) is 2.05. The van der Waals surface area contributed by atoms with Crippen LogP contribution in [0.4, 0.5) is 0 Å². The second-order valence-electron chi connectivity index (χ2n) is 7.83. The molecule has 28 heavy (non-hydrogen) atoms. The average molecular weight is 416 g/mol. The molecule has 1 aliphatic carbocycles. The Balaban J connectivity index is 1.45. The van der Waals surface area contributed by atoms with Gasteiger partial charge in [0.2, 0.25) is 5.91 Å². The zero-order valence-electron chi connectivity index (χ0n) is 16.7. The molecule has 1 amide bonds. The number of hydrogen-bond donors (Lipinski definition) is 1. The number of benzene rings is 1. The summed E-state index contributed by atoms with van der Waals surface area (Å²) >= 11 is 3.63. The van der Waals surface area contributed by atoms with Crippen LogP contribution < -0.4 is 5.32 Å². The van der Waals surface area contributed by atoms with Gasteiger partial charge in [0.05, 0.1) is 12.6 Å². The van der Waals surface area contributed by atoms with Gasteiger partial charge in [-0.1, -0.05) is 12.1 Å². The minimum Gasteiger partial charge on any atom is -0.353 e. The van der Waals surface area contributed by atoms with Crippen molar-refractivity contribution < 1.29 is 4.79 Å². The van der Waals surface area contributed by atoms with E-state index in [0.717, 1.165) is 19.5 Å². The molecule has 2 heterocycles. The van der Waals surface area contributed by atoms with E-state index in [1.165, 1.54) is 33.7 Å². The number of carbonyl (C=O) groups is 1. The van der Waals surface area contributed by atoms with Crippen LogP contribution in [0.15, 0.2) is 40.6 Å². The maximum atomic E-state index is 12.5. The van der Waals surface area contributed by atoms with Crippen LogP contribution in [0.1, 0.15) is 34.9 Å². The third kappa shape index (κ3) is 4.79. The molecule has 1 aromatic heterocycles. The van der Waals surface area contributed by atoms with Crippen molar-refractivity contribution in [3.05, 3.63) is 51.7 Å². The van der Waals surface area contributed by atoms with Crippen molar-refractivity contribution in [2.24, 2.45) is 0 Å². The number of rotatable bonds is 8. The molecule has 4 rings (SSSR count). The minimum atomic E-state index is 0.133. The molecule has 0 bridgehead atoms. The van der Waals surface area contributed by atoms with Crippen molar-refractivity contribution in [1.82, 2.24) is 15.1 Å². The van der Waals surface area contributed by atoms with E-state index in [4.69, 9.17) is 0 Å². The van der Waals surface area contributed by atoms with Crippen LogP contribution in [0.25, 0.3) is 0 Å². The van der Waals surface area contributed by atoms with Gasteiger partial charge in [-0.05, 0) is 67.3 Å². The Morgan fingerprint density at radius 1 is 1.32 bits per heavy atom. The molecule has 1 aromatic carbocycles. The van der Waals surface area contributed by atoms with Gasteiger partial charge in [-0.25, -0.2) is 0 Å². The molecule has 0 spiro atoms. The van der Waals surface area contributed by atoms with Crippen LogP contribution in [0.3, 0.4) is 0 Å². The van der Waals surface area contributed by atoms with Gasteiger partial charge in [-0.15, -0.1) is 23.1 Å². The van der Waals surface area contributed by atoms with Gasteiger partial charge in [0, 0.05) is 35.4 Å². The van der Waals surface area contributed by atoms with Crippen molar-refractivity contribution in [2.75, 3.05) is 32.9 Å². The SMILES string of the molecule is CSc1ccc(C(CNC(=O)CN(C)C2CC2)N2CCc3sccc3C2)cc1. The van der Waals surface area contributed by atoms with E-state index >= 15 is 0 Å². The van der Waals surface area contributed by atoms with Crippen molar-refractivity contribution >= 4 is 29.0 Å². The van der Waals surface area contributed by atoms with E-state index in [2.05, 4.69) is 64.1 Å². The molecule has 1 fully saturated rings. The fourth-order valence-corrected chi connectivity index (χ4v) is 5.26. The first-order chi connectivity index (χ1) is 13.6. The van der Waals surface area contributed by atoms with Crippen molar-refractivity contribution in [3.63, 3.8) is 0 Å². The van der Waals surface area contributed by atoms with E-state index in [1.807, 2.05) is 11.3 Å². The quantitative estimate of drug-likeness (QED) is 0.666. The average Bonchev–Trinajstić information content (AvgIpc) is 3.46. The number of amides is 1. The number of fused-ring (bicyclic) bond motifs is 1. The molecule has 2 aliphatic rings. The van der Waals surface area contributed by atoms with Gasteiger partial charge in [0.1, 0.15) is 0 Å². The zero-order valence-corrected chi connectivity index (χ0v) is 18.3. The number of hydrogen-bond acceptors (Lipinski definition) is 5. The molecular formula is C22H29N3OS2. The van der Waals surface area contributed by atoms with Gasteiger partial charge in [0.25, 0.3) is 0 Å². The summed E-state index contributed by atoms with van der Waals surface area (Å²) in [6.45, 7) is 3.17. The minimum absolute atomic E-state index is 0.133. The largest absolute Gasteiger partial charge is 0.353 e. The van der Waals surface area contributed by atoms with Crippen LogP contribution in [0, 0.1) is 0 Å². The summed E-state index contributed by atoms with van der Waals surface area (Å²) in [6.07, 6.45) is 5.66. The smallest absolute Gasteiger partial charge is 0.234 e. The molecule has 0 saturated heterocycles. The van der Waals surface area contributed by atoms with Crippen molar-refractivity contribution in [3.8, 4) is 0 Å². The van der Waals surface area contributed by atoms with Crippen LogP contribution in [-0.2, 0) is 17.8 Å². The second-order valence-corrected chi connectivity index (χ2v) is 9.71. The first-order valence-corrected chi connectivity index (χ1v) is 12.1. The Labute approximate surface area is 176 Å². The van der Waals surface area contributed by atoms with Gasteiger partial charge in [-0.3, -0.25) is 14.6 Å². The first-order valence-electron chi connectivity index (χ1n) is 10.0. The lowest BCUT2D eigenvalue weighted by Crippen LogP contribution is -2.43. The highest BCUT2D eigenvalue weighted by atomic mass is 32.2. The predicted octanol–water partition coefficient (Wildman–Crippen LogP) is 3.78. The third-order valence-electron chi connectivity index (χ3n) is 5.83. The Bertz CT molecular complexity index is 800. The van der Waals surface area contributed by atoms with Crippen LogP contribution in [0.5, 0.6) is 0 Å². The first kappa shape index (κ1) is 20.0. The lowest BCUT2D eigenvalue weighted by atomic mass is 10.0. The lowest BCUT2D eigenvalue weighted by molar-refractivity contribution is -0.122. The summed E-state index contributed by atoms with van der Waals surface area (Å²) in [4.78, 5) is 20.0. The van der Waals surface area contributed by atoms with E-state index in [0.29, 0.717) is 19.1 Å². The van der Waals surface area contributed by atoms with E-state index < -0.39 is 0 Å². The molecule has 0 radical (unpaired) electrons. The molecule has 1 saturated carbocycles. The number of nitrogens with zero attached hydrogens (tertiary/aromatic N) is 2. The molecule has 1 unspecified atom stereocenters. The summed E-state index contributed by atoms with van der Waals surface area (Å²) < 4.78 is 0. The fourth-order valence-electron chi connectivity index (χ4n) is 3.96. The molecule has 6 heteroatoms. The van der Waals surface area contributed by atoms with Crippen LogP contribution in [0.2, 0.25) is 0 Å². The monoisotopic (exact) mass is 415 g/mol. The van der Waals surface area contributed by atoms with E-state index in [1.54, 1.807) is 11.8 Å².